The molecule has 0 aromatic carbocycles. The third-order valence-electron chi connectivity index (χ3n) is 4.41. The van der Waals surface area contributed by atoms with Crippen molar-refractivity contribution in [2.24, 2.45) is 13.0 Å². The van der Waals surface area contributed by atoms with Crippen molar-refractivity contribution in [3.63, 3.8) is 0 Å². The molecule has 2 saturated heterocycles. The summed E-state index contributed by atoms with van der Waals surface area (Å²) in [6.07, 6.45) is -0.891. The summed E-state index contributed by atoms with van der Waals surface area (Å²) in [6, 6.07) is -0.184. The van der Waals surface area contributed by atoms with E-state index in [2.05, 4.69) is 10.3 Å². The monoisotopic (exact) mass is 302 g/mol. The van der Waals surface area contributed by atoms with E-state index in [4.69, 9.17) is 0 Å². The van der Waals surface area contributed by atoms with Gasteiger partial charge in [0.1, 0.15) is 0 Å². The number of alkyl halides is 3. The van der Waals surface area contributed by atoms with Crippen molar-refractivity contribution in [2.75, 3.05) is 0 Å². The molecule has 2 bridgehead atoms. The average Bonchev–Trinajstić information content (AvgIpc) is 2.89. The predicted molar refractivity (Wildman–Crippen MR) is 67.4 cm³/mol. The number of hydrogen-bond donors (Lipinski definition) is 0. The molecule has 1 amide bonds. The number of aryl methyl sites for hydroxylation is 1. The van der Waals surface area contributed by atoms with Crippen LogP contribution in [0.4, 0.5) is 13.2 Å². The van der Waals surface area contributed by atoms with Crippen LogP contribution in [0.25, 0.3) is 0 Å². The maximum absolute atomic E-state index is 12.5. The lowest BCUT2D eigenvalue weighted by molar-refractivity contribution is -0.148. The summed E-state index contributed by atoms with van der Waals surface area (Å²) in [5.74, 6) is -0.575. The van der Waals surface area contributed by atoms with Crippen LogP contribution in [0.3, 0.4) is 0 Å². The molecular formula is C13H17F3N4O. The highest BCUT2D eigenvalue weighted by atomic mass is 19.4. The molecule has 116 valence electrons. The van der Waals surface area contributed by atoms with Crippen LogP contribution in [0.2, 0.25) is 0 Å². The van der Waals surface area contributed by atoms with E-state index < -0.39 is 12.6 Å². The van der Waals surface area contributed by atoms with Gasteiger partial charge in [-0.1, -0.05) is 5.21 Å². The number of aromatic nitrogens is 3. The van der Waals surface area contributed by atoms with Crippen LogP contribution in [0.15, 0.2) is 6.20 Å². The van der Waals surface area contributed by atoms with Gasteiger partial charge in [-0.25, -0.2) is 0 Å². The standard InChI is InChI=1S/C13H17F3N4O/c1-19-7-11(17-18-19)12(21)20-9-2-3-10(20)5-8(4-9)6-13(14,15)16/h7-10H,2-6H2,1H3. The van der Waals surface area contributed by atoms with Crippen molar-refractivity contribution in [1.82, 2.24) is 19.9 Å². The Kier molecular flexibility index (Phi) is 3.41. The molecule has 0 N–H and O–H groups in total. The maximum Gasteiger partial charge on any atom is 0.389 e. The van der Waals surface area contributed by atoms with Crippen molar-refractivity contribution < 1.29 is 18.0 Å². The van der Waals surface area contributed by atoms with Crippen LogP contribution in [0, 0.1) is 5.92 Å². The Morgan fingerprint density at radius 1 is 1.33 bits per heavy atom. The zero-order valence-electron chi connectivity index (χ0n) is 11.7. The molecule has 8 heteroatoms. The van der Waals surface area contributed by atoms with Gasteiger partial charge in [-0.15, -0.1) is 5.10 Å². The first-order valence-electron chi connectivity index (χ1n) is 7.09. The summed E-state index contributed by atoms with van der Waals surface area (Å²) in [5, 5.41) is 7.54. The van der Waals surface area contributed by atoms with Crippen molar-refractivity contribution in [3.8, 4) is 0 Å². The van der Waals surface area contributed by atoms with E-state index in [1.54, 1.807) is 18.1 Å². The molecule has 2 aliphatic heterocycles. The first-order valence-corrected chi connectivity index (χ1v) is 7.09. The van der Waals surface area contributed by atoms with E-state index in [1.165, 1.54) is 4.68 Å². The highest BCUT2D eigenvalue weighted by molar-refractivity contribution is 5.92. The summed E-state index contributed by atoms with van der Waals surface area (Å²) in [7, 11) is 1.67. The lowest BCUT2D eigenvalue weighted by Crippen LogP contribution is -2.47. The lowest BCUT2D eigenvalue weighted by atomic mass is 9.88. The van der Waals surface area contributed by atoms with Gasteiger partial charge >= 0.3 is 6.18 Å². The molecule has 1 aromatic rings. The zero-order valence-corrected chi connectivity index (χ0v) is 11.7. The van der Waals surface area contributed by atoms with E-state index in [0.29, 0.717) is 12.8 Å². The molecule has 0 spiro atoms. The zero-order chi connectivity index (χ0) is 15.2. The Balaban J connectivity index is 1.71. The topological polar surface area (TPSA) is 51.0 Å². The van der Waals surface area contributed by atoms with Gasteiger partial charge in [0.2, 0.25) is 0 Å². The second kappa shape index (κ2) is 4.99. The van der Waals surface area contributed by atoms with Gasteiger partial charge in [-0.05, 0) is 31.6 Å². The minimum atomic E-state index is -4.12. The number of rotatable bonds is 2. The minimum Gasteiger partial charge on any atom is -0.331 e. The average molecular weight is 302 g/mol. The van der Waals surface area contributed by atoms with Crippen LogP contribution < -0.4 is 0 Å². The predicted octanol–water partition coefficient (Wildman–Crippen LogP) is 2.15. The Bertz CT molecular complexity index is 528. The van der Waals surface area contributed by atoms with Crippen molar-refractivity contribution >= 4 is 5.91 Å². The fraction of sp³-hybridized carbons (Fsp3) is 0.769. The molecule has 5 nitrogen and oxygen atoms in total. The number of carbonyl (C=O) groups excluding carboxylic acids is 1. The second-order valence-corrected chi connectivity index (χ2v) is 6.03. The molecule has 2 aliphatic rings. The van der Waals surface area contributed by atoms with Crippen LogP contribution >= 0.6 is 0 Å². The Hall–Kier alpha value is -1.60. The molecule has 0 aliphatic carbocycles. The number of piperidine rings is 1. The van der Waals surface area contributed by atoms with E-state index >= 15 is 0 Å². The first-order chi connectivity index (χ1) is 9.83. The molecule has 2 fully saturated rings. The van der Waals surface area contributed by atoms with Crippen LogP contribution in [-0.2, 0) is 7.05 Å². The maximum atomic E-state index is 12.5. The molecule has 2 atom stereocenters. The van der Waals surface area contributed by atoms with Gasteiger partial charge in [-0.2, -0.15) is 13.2 Å². The fourth-order valence-corrected chi connectivity index (χ4v) is 3.69. The minimum absolute atomic E-state index is 0.0920. The SMILES string of the molecule is Cn1cc(C(=O)N2C3CCC2CC(CC(F)(F)F)C3)nn1. The van der Waals surface area contributed by atoms with Gasteiger partial charge < -0.3 is 4.90 Å². The number of hydrogen-bond acceptors (Lipinski definition) is 3. The highest BCUT2D eigenvalue weighted by Gasteiger charge is 2.46. The quantitative estimate of drug-likeness (QED) is 0.841. The van der Waals surface area contributed by atoms with Crippen molar-refractivity contribution in [3.05, 3.63) is 11.9 Å². The highest BCUT2D eigenvalue weighted by Crippen LogP contribution is 2.43. The van der Waals surface area contributed by atoms with Gasteiger partial charge in [-0.3, -0.25) is 9.48 Å². The van der Waals surface area contributed by atoms with E-state index in [-0.39, 0.29) is 29.6 Å². The van der Waals surface area contributed by atoms with Crippen LogP contribution in [0.5, 0.6) is 0 Å². The third kappa shape index (κ3) is 2.89. The van der Waals surface area contributed by atoms with E-state index in [9.17, 15) is 18.0 Å². The van der Waals surface area contributed by atoms with Crippen LogP contribution in [0.1, 0.15) is 42.6 Å². The Morgan fingerprint density at radius 2 is 1.95 bits per heavy atom. The summed E-state index contributed by atoms with van der Waals surface area (Å²) >= 11 is 0. The number of halogens is 3. The number of amides is 1. The van der Waals surface area contributed by atoms with Crippen LogP contribution in [-0.4, -0.2) is 44.1 Å². The third-order valence-corrected chi connectivity index (χ3v) is 4.41. The number of fused-ring (bicyclic) bond motifs is 2. The lowest BCUT2D eigenvalue weighted by Gasteiger charge is -2.38. The van der Waals surface area contributed by atoms with Gasteiger partial charge in [0.15, 0.2) is 5.69 Å². The molecule has 0 saturated carbocycles. The van der Waals surface area contributed by atoms with Gasteiger partial charge in [0.05, 0.1) is 6.20 Å². The van der Waals surface area contributed by atoms with Gasteiger partial charge in [0, 0.05) is 25.6 Å². The van der Waals surface area contributed by atoms with E-state index in [0.717, 1.165) is 12.8 Å². The summed E-state index contributed by atoms with van der Waals surface area (Å²) < 4.78 is 39.1. The molecule has 0 radical (unpaired) electrons. The molecule has 3 rings (SSSR count). The van der Waals surface area contributed by atoms with Crippen molar-refractivity contribution in [1.29, 1.82) is 0 Å². The summed E-state index contributed by atoms with van der Waals surface area (Å²) in [4.78, 5) is 14.2. The van der Waals surface area contributed by atoms with Gasteiger partial charge in [0.25, 0.3) is 5.91 Å². The second-order valence-electron chi connectivity index (χ2n) is 6.03. The fourth-order valence-electron chi connectivity index (χ4n) is 3.69. The molecule has 1 aromatic heterocycles. The number of carbonyl (C=O) groups is 1. The molecular weight excluding hydrogens is 285 g/mol. The summed E-state index contributed by atoms with van der Waals surface area (Å²) in [5.41, 5.74) is 0.267. The first kappa shape index (κ1) is 14.3. The molecule has 2 unspecified atom stereocenters. The normalized spacial score (nSPS) is 29.0. The largest absolute Gasteiger partial charge is 0.389 e. The summed E-state index contributed by atoms with van der Waals surface area (Å²) in [6.45, 7) is 0. The Labute approximate surface area is 120 Å². The van der Waals surface area contributed by atoms with Crippen molar-refractivity contribution in [2.45, 2.75) is 50.4 Å². The Morgan fingerprint density at radius 3 is 2.43 bits per heavy atom. The number of nitrogens with zero attached hydrogens (tertiary/aromatic N) is 4. The smallest absolute Gasteiger partial charge is 0.331 e. The molecule has 3 heterocycles. The van der Waals surface area contributed by atoms with E-state index in [1.807, 2.05) is 0 Å². The molecule has 21 heavy (non-hydrogen) atoms.